The highest BCUT2D eigenvalue weighted by molar-refractivity contribution is 4.97. The monoisotopic (exact) mass is 179 g/mol. The molecule has 0 radical (unpaired) electrons. The topological polar surface area (TPSA) is 46.8 Å². The number of hydrogen-bond acceptors (Lipinski definition) is 4. The van der Waals surface area contributed by atoms with Crippen molar-refractivity contribution in [3.8, 4) is 12.3 Å². The Kier molecular flexibility index (Phi) is 2.98. The Morgan fingerprint density at radius 3 is 2.85 bits per heavy atom. The van der Waals surface area contributed by atoms with E-state index in [0.29, 0.717) is 6.54 Å². The molecule has 0 bridgehead atoms. The smallest absolute Gasteiger partial charge is 0.165 e. The van der Waals surface area contributed by atoms with Crippen LogP contribution in [0.5, 0.6) is 0 Å². The van der Waals surface area contributed by atoms with Gasteiger partial charge in [-0.15, -0.1) is 11.5 Å². The molecule has 0 saturated carbocycles. The maximum atomic E-state index is 5.29. The molecule has 1 rings (SSSR count). The first kappa shape index (κ1) is 9.68. The Balaban J connectivity index is 2.60. The lowest BCUT2D eigenvalue weighted by Gasteiger charge is -2.18. The summed E-state index contributed by atoms with van der Waals surface area (Å²) in [5, 5.41) is 11.1. The molecular weight excluding hydrogens is 166 g/mol. The fraction of sp³-hybridized carbons (Fsp3) is 0.625. The fourth-order valence-electron chi connectivity index (χ4n) is 0.869. The highest BCUT2D eigenvalue weighted by Gasteiger charge is 2.10. The molecular formula is C8H13N5. The number of rotatable bonds is 3. The van der Waals surface area contributed by atoms with E-state index in [2.05, 4.69) is 21.4 Å². The Labute approximate surface area is 77.7 Å². The van der Waals surface area contributed by atoms with E-state index in [9.17, 15) is 0 Å². The van der Waals surface area contributed by atoms with Gasteiger partial charge in [-0.1, -0.05) is 5.92 Å². The number of terminal acetylenes is 1. The van der Waals surface area contributed by atoms with Crippen LogP contribution < -0.4 is 0 Å². The molecule has 0 fully saturated rings. The van der Waals surface area contributed by atoms with E-state index in [1.165, 1.54) is 0 Å². The third kappa shape index (κ3) is 2.26. The van der Waals surface area contributed by atoms with Gasteiger partial charge in [-0.3, -0.25) is 4.90 Å². The third-order valence-corrected chi connectivity index (χ3v) is 2.00. The van der Waals surface area contributed by atoms with E-state index in [1.807, 2.05) is 25.9 Å². The summed E-state index contributed by atoms with van der Waals surface area (Å²) in [6, 6.07) is 0.0942. The molecule has 0 aliphatic carbocycles. The van der Waals surface area contributed by atoms with Crippen molar-refractivity contribution in [2.45, 2.75) is 19.5 Å². The maximum Gasteiger partial charge on any atom is 0.165 e. The van der Waals surface area contributed by atoms with Gasteiger partial charge in [0.1, 0.15) is 0 Å². The zero-order valence-corrected chi connectivity index (χ0v) is 8.10. The Hall–Kier alpha value is -1.41. The van der Waals surface area contributed by atoms with Gasteiger partial charge >= 0.3 is 0 Å². The normalized spacial score (nSPS) is 12.8. The van der Waals surface area contributed by atoms with Crippen LogP contribution in [-0.4, -0.2) is 38.2 Å². The molecule has 0 aliphatic heterocycles. The van der Waals surface area contributed by atoms with E-state index in [0.717, 1.165) is 5.82 Å². The largest absolute Gasteiger partial charge is 0.286 e. The zero-order valence-electron chi connectivity index (χ0n) is 8.10. The number of aromatic nitrogens is 4. The maximum absolute atomic E-state index is 5.29. The van der Waals surface area contributed by atoms with Crippen molar-refractivity contribution in [2.75, 3.05) is 7.05 Å². The summed E-state index contributed by atoms with van der Waals surface area (Å²) in [6.07, 6.45) is 5.29. The molecule has 1 unspecified atom stereocenters. The average Bonchev–Trinajstić information content (AvgIpc) is 2.50. The molecule has 0 spiro atoms. The Morgan fingerprint density at radius 2 is 2.38 bits per heavy atom. The van der Waals surface area contributed by atoms with Crippen molar-refractivity contribution < 1.29 is 0 Å². The molecule has 0 aliphatic rings. The first-order valence-electron chi connectivity index (χ1n) is 4.02. The van der Waals surface area contributed by atoms with Crippen LogP contribution in [0.1, 0.15) is 12.7 Å². The number of aryl methyl sites for hydroxylation is 1. The van der Waals surface area contributed by atoms with E-state index in [1.54, 1.807) is 4.68 Å². The van der Waals surface area contributed by atoms with Gasteiger partial charge in [-0.25, -0.2) is 4.68 Å². The van der Waals surface area contributed by atoms with Crippen LogP contribution >= 0.6 is 0 Å². The summed E-state index contributed by atoms with van der Waals surface area (Å²) in [5.41, 5.74) is 0. The molecule has 0 saturated heterocycles. The molecule has 0 amide bonds. The quantitative estimate of drug-likeness (QED) is 0.596. The summed E-state index contributed by atoms with van der Waals surface area (Å²) in [5.74, 6) is 3.45. The summed E-state index contributed by atoms with van der Waals surface area (Å²) in [6.45, 7) is 2.62. The van der Waals surface area contributed by atoms with Crippen molar-refractivity contribution in [1.82, 2.24) is 25.1 Å². The molecule has 70 valence electrons. The lowest BCUT2D eigenvalue weighted by Crippen LogP contribution is -2.28. The van der Waals surface area contributed by atoms with Crippen molar-refractivity contribution in [2.24, 2.45) is 7.05 Å². The van der Waals surface area contributed by atoms with Crippen molar-refractivity contribution >= 4 is 0 Å². The van der Waals surface area contributed by atoms with Gasteiger partial charge in [0, 0.05) is 7.05 Å². The minimum atomic E-state index is 0.0942. The third-order valence-electron chi connectivity index (χ3n) is 2.00. The van der Waals surface area contributed by atoms with E-state index in [4.69, 9.17) is 6.42 Å². The van der Waals surface area contributed by atoms with E-state index in [-0.39, 0.29) is 6.04 Å². The van der Waals surface area contributed by atoms with Gasteiger partial charge < -0.3 is 0 Å². The Morgan fingerprint density at radius 1 is 1.69 bits per heavy atom. The predicted molar refractivity (Wildman–Crippen MR) is 48.6 cm³/mol. The van der Waals surface area contributed by atoms with Gasteiger partial charge in [-0.05, 0) is 24.4 Å². The van der Waals surface area contributed by atoms with Crippen LogP contribution in [0.3, 0.4) is 0 Å². The fourth-order valence-corrected chi connectivity index (χ4v) is 0.869. The second kappa shape index (κ2) is 4.01. The Bertz CT molecular complexity index is 311. The predicted octanol–water partition coefficient (Wildman–Crippen LogP) is -0.336. The number of nitrogens with zero attached hydrogens (tertiary/aromatic N) is 5. The zero-order chi connectivity index (χ0) is 9.84. The van der Waals surface area contributed by atoms with Gasteiger partial charge in [0.2, 0.25) is 0 Å². The summed E-state index contributed by atoms with van der Waals surface area (Å²) < 4.78 is 1.64. The molecule has 0 N–H and O–H groups in total. The second-order valence-electron chi connectivity index (χ2n) is 2.98. The van der Waals surface area contributed by atoms with E-state index >= 15 is 0 Å². The molecule has 1 heterocycles. The molecule has 0 aromatic carbocycles. The van der Waals surface area contributed by atoms with Crippen molar-refractivity contribution in [1.29, 1.82) is 0 Å². The van der Waals surface area contributed by atoms with Crippen LogP contribution in [-0.2, 0) is 13.6 Å². The summed E-state index contributed by atoms with van der Waals surface area (Å²) in [7, 11) is 3.75. The molecule has 1 atom stereocenters. The van der Waals surface area contributed by atoms with Crippen molar-refractivity contribution in [3.05, 3.63) is 5.82 Å². The second-order valence-corrected chi connectivity index (χ2v) is 2.98. The first-order valence-corrected chi connectivity index (χ1v) is 4.02. The standard InChI is InChI=1S/C8H13N5/c1-5-7(2)12(3)6-8-9-10-11-13(8)4/h1,7H,6H2,2-4H3. The summed E-state index contributed by atoms with van der Waals surface area (Å²) in [4.78, 5) is 2.01. The van der Waals surface area contributed by atoms with E-state index < -0.39 is 0 Å². The van der Waals surface area contributed by atoms with Gasteiger partial charge in [0.05, 0.1) is 12.6 Å². The first-order chi connectivity index (χ1) is 6.15. The van der Waals surface area contributed by atoms with Crippen LogP contribution in [0, 0.1) is 12.3 Å². The lowest BCUT2D eigenvalue weighted by molar-refractivity contribution is 0.284. The van der Waals surface area contributed by atoms with Crippen LogP contribution in [0.25, 0.3) is 0 Å². The molecule has 1 aromatic heterocycles. The van der Waals surface area contributed by atoms with Crippen LogP contribution in [0.4, 0.5) is 0 Å². The van der Waals surface area contributed by atoms with Crippen molar-refractivity contribution in [3.63, 3.8) is 0 Å². The van der Waals surface area contributed by atoms with Gasteiger partial charge in [-0.2, -0.15) is 0 Å². The minimum absolute atomic E-state index is 0.0942. The van der Waals surface area contributed by atoms with Gasteiger partial charge in [0.25, 0.3) is 0 Å². The molecule has 1 aromatic rings. The van der Waals surface area contributed by atoms with Crippen LogP contribution in [0.2, 0.25) is 0 Å². The highest BCUT2D eigenvalue weighted by atomic mass is 15.5. The average molecular weight is 179 g/mol. The molecule has 5 nitrogen and oxygen atoms in total. The number of hydrogen-bond donors (Lipinski definition) is 0. The lowest BCUT2D eigenvalue weighted by atomic mass is 10.3. The SMILES string of the molecule is C#CC(C)N(C)Cc1nnnn1C. The minimum Gasteiger partial charge on any atom is -0.286 e. The highest BCUT2D eigenvalue weighted by Crippen LogP contribution is 2.00. The van der Waals surface area contributed by atoms with Crippen LogP contribution in [0.15, 0.2) is 0 Å². The van der Waals surface area contributed by atoms with Gasteiger partial charge in [0.15, 0.2) is 5.82 Å². The molecule has 5 heteroatoms. The molecule has 13 heavy (non-hydrogen) atoms. The summed E-state index contributed by atoms with van der Waals surface area (Å²) >= 11 is 0. The number of tetrazole rings is 1.